The molecule has 0 aliphatic carbocycles. The molecule has 0 bridgehead atoms. The first-order valence-electron chi connectivity index (χ1n) is 5.31. The molecule has 0 saturated heterocycles. The molecule has 1 heterocycles. The van der Waals surface area contributed by atoms with Crippen molar-refractivity contribution in [2.75, 3.05) is 0 Å². The minimum atomic E-state index is -0.194. The molecule has 0 amide bonds. The van der Waals surface area contributed by atoms with E-state index in [0.29, 0.717) is 6.10 Å². The summed E-state index contributed by atoms with van der Waals surface area (Å²) in [4.78, 5) is 0. The van der Waals surface area contributed by atoms with Gasteiger partial charge < -0.3 is 4.74 Å². The van der Waals surface area contributed by atoms with E-state index in [0.717, 1.165) is 12.2 Å². The van der Waals surface area contributed by atoms with E-state index in [-0.39, 0.29) is 5.41 Å². The quantitative estimate of drug-likeness (QED) is 0.633. The van der Waals surface area contributed by atoms with Crippen molar-refractivity contribution in [2.24, 2.45) is 0 Å². The highest BCUT2D eigenvalue weighted by molar-refractivity contribution is 5.44. The third-order valence-electron chi connectivity index (χ3n) is 2.98. The maximum atomic E-state index is 5.66. The number of benzene rings is 1. The topological polar surface area (TPSA) is 9.23 Å². The van der Waals surface area contributed by atoms with Crippen LogP contribution < -0.4 is 4.74 Å². The molecule has 78 valence electrons. The molecule has 1 atom stereocenters. The van der Waals surface area contributed by atoms with E-state index >= 15 is 0 Å². The van der Waals surface area contributed by atoms with Crippen LogP contribution in [0.5, 0.6) is 5.75 Å². The fourth-order valence-corrected chi connectivity index (χ4v) is 1.89. The number of fused-ring (bicyclic) bond motifs is 1. The van der Waals surface area contributed by atoms with Gasteiger partial charge in [-0.3, -0.25) is 0 Å². The Kier molecular flexibility index (Phi) is 2.23. The molecule has 1 aromatic carbocycles. The Hall–Kier alpha value is -1.42. The van der Waals surface area contributed by atoms with Gasteiger partial charge >= 0.3 is 0 Å². The molecule has 0 fully saturated rings. The first kappa shape index (κ1) is 10.1. The summed E-state index contributed by atoms with van der Waals surface area (Å²) in [5.74, 6) is 3.83. The van der Waals surface area contributed by atoms with Crippen LogP contribution in [0.15, 0.2) is 18.2 Å². The second kappa shape index (κ2) is 3.31. The Bertz CT molecular complexity index is 423. The van der Waals surface area contributed by atoms with Crippen LogP contribution in [-0.2, 0) is 11.8 Å². The number of ether oxygens (including phenoxy) is 1. The van der Waals surface area contributed by atoms with Crippen molar-refractivity contribution in [2.45, 2.75) is 38.7 Å². The lowest BCUT2D eigenvalue weighted by molar-refractivity contribution is 0.254. The van der Waals surface area contributed by atoms with Gasteiger partial charge in [-0.1, -0.05) is 18.1 Å². The Morgan fingerprint density at radius 2 is 2.20 bits per heavy atom. The Labute approximate surface area is 91.5 Å². The van der Waals surface area contributed by atoms with Gasteiger partial charge in [-0.2, -0.15) is 0 Å². The summed E-state index contributed by atoms with van der Waals surface area (Å²) in [5, 5.41) is 0. The van der Waals surface area contributed by atoms with Crippen molar-refractivity contribution in [1.29, 1.82) is 0 Å². The number of hydrogen-bond acceptors (Lipinski definition) is 1. The highest BCUT2D eigenvalue weighted by atomic mass is 16.5. The van der Waals surface area contributed by atoms with Crippen LogP contribution in [-0.4, -0.2) is 6.10 Å². The summed E-state index contributed by atoms with van der Waals surface area (Å²) in [7, 11) is 0. The number of rotatable bonds is 1. The molecule has 0 radical (unpaired) electrons. The van der Waals surface area contributed by atoms with Gasteiger partial charge in [0.05, 0.1) is 5.41 Å². The Morgan fingerprint density at radius 1 is 1.47 bits per heavy atom. The van der Waals surface area contributed by atoms with E-state index in [2.05, 4.69) is 38.8 Å². The van der Waals surface area contributed by atoms with Gasteiger partial charge in [-0.25, -0.2) is 0 Å². The zero-order valence-electron chi connectivity index (χ0n) is 9.50. The molecule has 1 unspecified atom stereocenters. The van der Waals surface area contributed by atoms with Gasteiger partial charge in [0.2, 0.25) is 0 Å². The Balaban J connectivity index is 2.41. The SMILES string of the molecule is C#CC(C)(C)c1ccc2c(c1)CC(C)O2. The summed E-state index contributed by atoms with van der Waals surface area (Å²) >= 11 is 0. The minimum absolute atomic E-state index is 0.194. The zero-order chi connectivity index (χ0) is 11.1. The van der Waals surface area contributed by atoms with Crippen molar-refractivity contribution < 1.29 is 4.74 Å². The smallest absolute Gasteiger partial charge is 0.123 e. The molecular formula is C14H16O. The van der Waals surface area contributed by atoms with E-state index in [1.165, 1.54) is 11.1 Å². The molecule has 0 N–H and O–H groups in total. The van der Waals surface area contributed by atoms with Crippen molar-refractivity contribution in [3.63, 3.8) is 0 Å². The highest BCUT2D eigenvalue weighted by Gasteiger charge is 2.23. The van der Waals surface area contributed by atoms with E-state index in [4.69, 9.17) is 11.2 Å². The van der Waals surface area contributed by atoms with Crippen LogP contribution >= 0.6 is 0 Å². The second-order valence-corrected chi connectivity index (χ2v) is 4.72. The normalized spacial score (nSPS) is 19.2. The van der Waals surface area contributed by atoms with Gasteiger partial charge in [-0.15, -0.1) is 6.42 Å². The summed E-state index contributed by atoms with van der Waals surface area (Å²) < 4.78 is 5.66. The van der Waals surface area contributed by atoms with Gasteiger partial charge in [0.15, 0.2) is 0 Å². The zero-order valence-corrected chi connectivity index (χ0v) is 9.50. The van der Waals surface area contributed by atoms with Crippen molar-refractivity contribution in [3.8, 4) is 18.1 Å². The summed E-state index contributed by atoms with van der Waals surface area (Å²) in [6.45, 7) is 6.22. The second-order valence-electron chi connectivity index (χ2n) is 4.72. The third kappa shape index (κ3) is 1.72. The monoisotopic (exact) mass is 200 g/mol. The maximum absolute atomic E-state index is 5.66. The van der Waals surface area contributed by atoms with Crippen molar-refractivity contribution >= 4 is 0 Å². The summed E-state index contributed by atoms with van der Waals surface area (Å²) in [6, 6.07) is 6.28. The predicted octanol–water partition coefficient (Wildman–Crippen LogP) is 2.92. The molecule has 0 saturated carbocycles. The molecule has 2 rings (SSSR count). The van der Waals surface area contributed by atoms with Crippen LogP contribution in [0.25, 0.3) is 0 Å². The molecule has 1 nitrogen and oxygen atoms in total. The minimum Gasteiger partial charge on any atom is -0.490 e. The average Bonchev–Trinajstić information content (AvgIpc) is 2.56. The fourth-order valence-electron chi connectivity index (χ4n) is 1.89. The largest absolute Gasteiger partial charge is 0.490 e. The molecule has 1 aliphatic rings. The third-order valence-corrected chi connectivity index (χ3v) is 2.98. The van der Waals surface area contributed by atoms with Crippen molar-refractivity contribution in [1.82, 2.24) is 0 Å². The lowest BCUT2D eigenvalue weighted by Crippen LogP contribution is -2.13. The van der Waals surface area contributed by atoms with Gasteiger partial charge in [0, 0.05) is 6.42 Å². The van der Waals surface area contributed by atoms with Crippen molar-refractivity contribution in [3.05, 3.63) is 29.3 Å². The first-order valence-corrected chi connectivity index (χ1v) is 5.31. The molecule has 1 aromatic rings. The number of hydrogen-bond donors (Lipinski definition) is 0. The molecule has 0 spiro atoms. The number of terminal acetylenes is 1. The lowest BCUT2D eigenvalue weighted by atomic mass is 9.84. The molecule has 1 heteroatoms. The van der Waals surface area contributed by atoms with Crippen LogP contribution in [0, 0.1) is 12.3 Å². The molecule has 0 aromatic heterocycles. The van der Waals surface area contributed by atoms with Crippen LogP contribution in [0.2, 0.25) is 0 Å². The molecule has 1 aliphatic heterocycles. The summed E-state index contributed by atoms with van der Waals surface area (Å²) in [6.07, 6.45) is 6.82. The van der Waals surface area contributed by atoms with Crippen LogP contribution in [0.4, 0.5) is 0 Å². The lowest BCUT2D eigenvalue weighted by Gasteiger charge is -2.18. The van der Waals surface area contributed by atoms with E-state index in [1.54, 1.807) is 0 Å². The summed E-state index contributed by atoms with van der Waals surface area (Å²) in [5.41, 5.74) is 2.28. The standard InChI is InChI=1S/C14H16O/c1-5-14(3,4)12-6-7-13-11(9-12)8-10(2)15-13/h1,6-7,9-10H,8H2,2-4H3. The highest BCUT2D eigenvalue weighted by Crippen LogP contribution is 2.33. The van der Waals surface area contributed by atoms with Crippen LogP contribution in [0.3, 0.4) is 0 Å². The first-order chi connectivity index (χ1) is 7.03. The Morgan fingerprint density at radius 3 is 2.87 bits per heavy atom. The van der Waals surface area contributed by atoms with Gasteiger partial charge in [0.1, 0.15) is 11.9 Å². The van der Waals surface area contributed by atoms with E-state index < -0.39 is 0 Å². The van der Waals surface area contributed by atoms with Crippen LogP contribution in [0.1, 0.15) is 31.9 Å². The average molecular weight is 200 g/mol. The predicted molar refractivity (Wildman–Crippen MR) is 62.1 cm³/mol. The van der Waals surface area contributed by atoms with Gasteiger partial charge in [-0.05, 0) is 38.0 Å². The molecular weight excluding hydrogens is 184 g/mol. The molecule has 15 heavy (non-hydrogen) atoms. The van der Waals surface area contributed by atoms with Gasteiger partial charge in [0.25, 0.3) is 0 Å². The maximum Gasteiger partial charge on any atom is 0.123 e. The van der Waals surface area contributed by atoms with E-state index in [9.17, 15) is 0 Å². The van der Waals surface area contributed by atoms with E-state index in [1.807, 2.05) is 6.07 Å². The fraction of sp³-hybridized carbons (Fsp3) is 0.429.